The highest BCUT2D eigenvalue weighted by atomic mass is 19.1. The van der Waals surface area contributed by atoms with Gasteiger partial charge in [0.15, 0.2) is 0 Å². The van der Waals surface area contributed by atoms with Gasteiger partial charge in [0, 0.05) is 51.6 Å². The molecule has 1 amide bonds. The van der Waals surface area contributed by atoms with Gasteiger partial charge in [-0.05, 0) is 49.9 Å². The standard InChI is InChI=1S/C29H39FN4O2/c1-3-32(4-2)29(35)28(24-12-6-5-7-13-24)34-18-16-33(17-19-34)27-15-14-22(20-25(27)30)21-26(31-36)23-10-8-9-11-23/h5-7,12-15,20,23,28,36H,3-4,8-11,16-19,21H2,1-2H3. The number of nitrogens with zero attached hydrogens (tertiary/aromatic N) is 4. The molecule has 2 aromatic rings. The van der Waals surface area contributed by atoms with Crippen molar-refractivity contribution in [2.45, 2.75) is 52.0 Å². The zero-order chi connectivity index (χ0) is 25.5. The van der Waals surface area contributed by atoms with E-state index >= 15 is 4.39 Å². The quantitative estimate of drug-likeness (QED) is 0.299. The van der Waals surface area contributed by atoms with E-state index in [1.807, 2.05) is 61.2 Å². The van der Waals surface area contributed by atoms with Crippen LogP contribution in [0.4, 0.5) is 10.1 Å². The second-order valence-electron chi connectivity index (χ2n) is 9.88. The molecule has 1 unspecified atom stereocenters. The Kier molecular flexibility index (Phi) is 8.97. The number of benzene rings is 2. The predicted molar refractivity (Wildman–Crippen MR) is 142 cm³/mol. The van der Waals surface area contributed by atoms with E-state index in [4.69, 9.17) is 0 Å². The van der Waals surface area contributed by atoms with Crippen LogP contribution in [0.2, 0.25) is 0 Å². The molecular formula is C29H39FN4O2. The Hall–Kier alpha value is -2.93. The van der Waals surface area contributed by atoms with E-state index in [0.29, 0.717) is 57.3 Å². The lowest BCUT2D eigenvalue weighted by molar-refractivity contribution is -0.137. The highest BCUT2D eigenvalue weighted by molar-refractivity contribution is 5.88. The van der Waals surface area contributed by atoms with E-state index in [-0.39, 0.29) is 17.8 Å². The average Bonchev–Trinajstić information content (AvgIpc) is 3.44. The van der Waals surface area contributed by atoms with Gasteiger partial charge in [-0.1, -0.05) is 54.4 Å². The molecule has 2 aromatic carbocycles. The van der Waals surface area contributed by atoms with Gasteiger partial charge in [-0.3, -0.25) is 9.69 Å². The van der Waals surface area contributed by atoms with Gasteiger partial charge in [-0.25, -0.2) is 4.39 Å². The van der Waals surface area contributed by atoms with Crippen LogP contribution in [0.1, 0.15) is 56.7 Å². The fraction of sp³-hybridized carbons (Fsp3) is 0.517. The van der Waals surface area contributed by atoms with Gasteiger partial charge in [0.2, 0.25) is 5.91 Å². The number of halogens is 1. The molecule has 0 radical (unpaired) electrons. The Morgan fingerprint density at radius 2 is 1.72 bits per heavy atom. The third kappa shape index (κ3) is 5.89. The Morgan fingerprint density at radius 3 is 2.31 bits per heavy atom. The number of oxime groups is 1. The van der Waals surface area contributed by atoms with Crippen molar-refractivity contribution in [2.24, 2.45) is 11.1 Å². The van der Waals surface area contributed by atoms with Gasteiger partial charge in [-0.15, -0.1) is 0 Å². The number of piperazine rings is 1. The Morgan fingerprint density at radius 1 is 1.06 bits per heavy atom. The molecule has 1 N–H and O–H groups in total. The van der Waals surface area contributed by atoms with E-state index in [2.05, 4.69) is 15.0 Å². The van der Waals surface area contributed by atoms with E-state index in [1.54, 1.807) is 6.07 Å². The molecule has 0 aromatic heterocycles. The summed E-state index contributed by atoms with van der Waals surface area (Å²) in [6.45, 7) is 8.04. The van der Waals surface area contributed by atoms with Crippen LogP contribution in [0, 0.1) is 11.7 Å². The Labute approximate surface area is 214 Å². The van der Waals surface area contributed by atoms with E-state index in [1.165, 1.54) is 0 Å². The molecule has 1 saturated carbocycles. The summed E-state index contributed by atoms with van der Waals surface area (Å²) in [5.41, 5.74) is 3.19. The average molecular weight is 495 g/mol. The molecule has 1 aliphatic carbocycles. The number of hydrogen-bond donors (Lipinski definition) is 1. The summed E-state index contributed by atoms with van der Waals surface area (Å²) < 4.78 is 15.2. The number of carbonyl (C=O) groups is 1. The zero-order valence-electron chi connectivity index (χ0n) is 21.6. The minimum absolute atomic E-state index is 0.124. The number of rotatable bonds is 9. The van der Waals surface area contributed by atoms with Crippen LogP contribution in [-0.2, 0) is 11.2 Å². The normalized spacial score (nSPS) is 18.4. The van der Waals surface area contributed by atoms with Crippen LogP contribution >= 0.6 is 0 Å². The maximum atomic E-state index is 15.2. The van der Waals surface area contributed by atoms with E-state index < -0.39 is 0 Å². The lowest BCUT2D eigenvalue weighted by atomic mass is 9.95. The van der Waals surface area contributed by atoms with Crippen molar-refractivity contribution in [3.05, 3.63) is 65.5 Å². The molecule has 7 heteroatoms. The largest absolute Gasteiger partial charge is 0.411 e. The first kappa shape index (κ1) is 26.1. The SMILES string of the molecule is CCN(CC)C(=O)C(c1ccccc1)N1CCN(c2ccc(CC(=NO)C3CCCC3)cc2F)CC1. The molecule has 1 atom stereocenters. The highest BCUT2D eigenvalue weighted by Gasteiger charge is 2.33. The molecule has 2 aliphatic rings. The van der Waals surface area contributed by atoms with Gasteiger partial charge in [0.25, 0.3) is 0 Å². The fourth-order valence-electron chi connectivity index (χ4n) is 5.72. The van der Waals surface area contributed by atoms with E-state index in [0.717, 1.165) is 42.5 Å². The van der Waals surface area contributed by atoms with Crippen molar-refractivity contribution in [1.82, 2.24) is 9.80 Å². The van der Waals surface area contributed by atoms with Gasteiger partial charge < -0.3 is 15.0 Å². The Balaban J connectivity index is 1.44. The van der Waals surface area contributed by atoms with Crippen molar-refractivity contribution in [3.63, 3.8) is 0 Å². The highest BCUT2D eigenvalue weighted by Crippen LogP contribution is 2.30. The molecule has 1 saturated heterocycles. The second-order valence-corrected chi connectivity index (χ2v) is 9.88. The summed E-state index contributed by atoms with van der Waals surface area (Å²) in [5.74, 6) is 0.185. The number of likely N-dealkylation sites (N-methyl/N-ethyl adjacent to an activating group) is 1. The van der Waals surface area contributed by atoms with Gasteiger partial charge >= 0.3 is 0 Å². The lowest BCUT2D eigenvalue weighted by Gasteiger charge is -2.41. The molecule has 1 heterocycles. The maximum absolute atomic E-state index is 15.2. The second kappa shape index (κ2) is 12.3. The summed E-state index contributed by atoms with van der Waals surface area (Å²) >= 11 is 0. The number of hydrogen-bond acceptors (Lipinski definition) is 5. The molecule has 0 bridgehead atoms. The van der Waals surface area contributed by atoms with Crippen LogP contribution in [-0.4, -0.2) is 65.9 Å². The molecule has 6 nitrogen and oxygen atoms in total. The van der Waals surface area contributed by atoms with Gasteiger partial charge in [0.1, 0.15) is 11.9 Å². The van der Waals surface area contributed by atoms with Crippen molar-refractivity contribution in [3.8, 4) is 0 Å². The third-order valence-electron chi connectivity index (χ3n) is 7.80. The molecule has 36 heavy (non-hydrogen) atoms. The minimum atomic E-state index is -0.327. The van der Waals surface area contributed by atoms with Crippen molar-refractivity contribution < 1.29 is 14.4 Å². The number of anilines is 1. The van der Waals surface area contributed by atoms with Crippen LogP contribution in [0.25, 0.3) is 0 Å². The lowest BCUT2D eigenvalue weighted by Crippen LogP contribution is -2.52. The molecule has 2 fully saturated rings. The fourth-order valence-corrected chi connectivity index (χ4v) is 5.72. The first-order valence-electron chi connectivity index (χ1n) is 13.4. The molecule has 4 rings (SSSR count). The number of amides is 1. The topological polar surface area (TPSA) is 59.4 Å². The monoisotopic (exact) mass is 494 g/mol. The van der Waals surface area contributed by atoms with Crippen molar-refractivity contribution in [2.75, 3.05) is 44.2 Å². The molecular weight excluding hydrogens is 455 g/mol. The summed E-state index contributed by atoms with van der Waals surface area (Å²) in [6, 6.07) is 15.0. The first-order chi connectivity index (χ1) is 17.5. The first-order valence-corrected chi connectivity index (χ1v) is 13.4. The molecule has 194 valence electrons. The third-order valence-corrected chi connectivity index (χ3v) is 7.80. The van der Waals surface area contributed by atoms with Crippen LogP contribution < -0.4 is 4.90 Å². The predicted octanol–water partition coefficient (Wildman–Crippen LogP) is 5.12. The van der Waals surface area contributed by atoms with Crippen LogP contribution in [0.15, 0.2) is 53.7 Å². The minimum Gasteiger partial charge on any atom is -0.411 e. The smallest absolute Gasteiger partial charge is 0.244 e. The summed E-state index contributed by atoms with van der Waals surface area (Å²) in [6.07, 6.45) is 4.90. The van der Waals surface area contributed by atoms with Gasteiger partial charge in [0.05, 0.1) is 11.4 Å². The van der Waals surface area contributed by atoms with Crippen LogP contribution in [0.3, 0.4) is 0 Å². The zero-order valence-corrected chi connectivity index (χ0v) is 21.6. The summed E-state index contributed by atoms with van der Waals surface area (Å²) in [5, 5.41) is 13.0. The summed E-state index contributed by atoms with van der Waals surface area (Å²) in [4.78, 5) is 19.6. The van der Waals surface area contributed by atoms with E-state index in [9.17, 15) is 10.0 Å². The molecule has 0 spiro atoms. The maximum Gasteiger partial charge on any atom is 0.244 e. The van der Waals surface area contributed by atoms with Crippen LogP contribution in [0.5, 0.6) is 0 Å². The van der Waals surface area contributed by atoms with Crippen molar-refractivity contribution in [1.29, 1.82) is 0 Å². The number of carbonyl (C=O) groups excluding carboxylic acids is 1. The van der Waals surface area contributed by atoms with Gasteiger partial charge in [-0.2, -0.15) is 0 Å². The summed E-state index contributed by atoms with van der Waals surface area (Å²) in [7, 11) is 0. The molecule has 1 aliphatic heterocycles. The van der Waals surface area contributed by atoms with Crippen molar-refractivity contribution >= 4 is 17.3 Å². The Bertz CT molecular complexity index is 1030.